The molecule has 4 heteroatoms. The Morgan fingerprint density at radius 2 is 1.61 bits per heavy atom. The molecule has 0 aromatic heterocycles. The van der Waals surface area contributed by atoms with Gasteiger partial charge in [-0.15, -0.1) is 0 Å². The topological polar surface area (TPSA) is 41.5 Å². The molecule has 0 heterocycles. The van der Waals surface area contributed by atoms with Crippen LogP contribution in [0.1, 0.15) is 55.8 Å². The van der Waals surface area contributed by atoms with Gasteiger partial charge in [0.15, 0.2) is 0 Å². The molecule has 0 atom stereocenters. The van der Waals surface area contributed by atoms with E-state index in [1.165, 1.54) is 38.5 Å². The number of halogens is 1. The Balaban J connectivity index is 1.48. The highest BCUT2D eigenvalue weighted by molar-refractivity contribution is 6.30. The molecule has 0 spiro atoms. The standard InChI is InChI=1S/C19H23ClN2O/c1-12(21-22-18(23)16-2-4-17(20)5-3-16)19-9-13-6-14(10-19)8-15(7-13)11-19/h2-5,13-15H,6-11H2,1H3,(H,22,23)/b21-12+. The summed E-state index contributed by atoms with van der Waals surface area (Å²) in [6.45, 7) is 2.11. The molecule has 4 aliphatic rings. The maximum Gasteiger partial charge on any atom is 0.271 e. The van der Waals surface area contributed by atoms with Crippen molar-refractivity contribution in [1.29, 1.82) is 0 Å². The molecule has 122 valence electrons. The molecule has 4 fully saturated rings. The molecule has 3 nitrogen and oxygen atoms in total. The second-order valence-corrected chi connectivity index (χ2v) is 8.28. The van der Waals surface area contributed by atoms with Gasteiger partial charge in [-0.3, -0.25) is 4.79 Å². The van der Waals surface area contributed by atoms with E-state index >= 15 is 0 Å². The van der Waals surface area contributed by atoms with Gasteiger partial charge in [-0.25, -0.2) is 5.43 Å². The number of hydrogen-bond acceptors (Lipinski definition) is 2. The lowest BCUT2D eigenvalue weighted by Gasteiger charge is -2.56. The van der Waals surface area contributed by atoms with Crippen LogP contribution in [0.2, 0.25) is 5.02 Å². The van der Waals surface area contributed by atoms with Crippen LogP contribution in [0.15, 0.2) is 29.4 Å². The van der Waals surface area contributed by atoms with Crippen LogP contribution in [0.5, 0.6) is 0 Å². The van der Waals surface area contributed by atoms with Gasteiger partial charge in [-0.2, -0.15) is 5.10 Å². The van der Waals surface area contributed by atoms with E-state index in [-0.39, 0.29) is 11.3 Å². The molecule has 0 aliphatic heterocycles. The number of carbonyl (C=O) groups is 1. The molecule has 0 radical (unpaired) electrons. The maximum absolute atomic E-state index is 12.2. The minimum atomic E-state index is -0.161. The molecule has 1 aromatic carbocycles. The van der Waals surface area contributed by atoms with E-state index in [0.717, 1.165) is 23.5 Å². The molecule has 1 amide bonds. The smallest absolute Gasteiger partial charge is 0.267 e. The summed E-state index contributed by atoms with van der Waals surface area (Å²) >= 11 is 5.86. The second-order valence-electron chi connectivity index (χ2n) is 7.84. The van der Waals surface area contributed by atoms with Crippen molar-refractivity contribution in [2.24, 2.45) is 28.3 Å². The van der Waals surface area contributed by atoms with E-state index in [1.54, 1.807) is 24.3 Å². The van der Waals surface area contributed by atoms with E-state index in [2.05, 4.69) is 17.5 Å². The molecule has 4 aliphatic carbocycles. The third-order valence-corrected chi connectivity index (χ3v) is 6.49. The Hall–Kier alpha value is -1.35. The Kier molecular flexibility index (Phi) is 3.72. The number of carbonyl (C=O) groups excluding carboxylic acids is 1. The summed E-state index contributed by atoms with van der Waals surface area (Å²) in [7, 11) is 0. The number of rotatable bonds is 3. The average molecular weight is 331 g/mol. The average Bonchev–Trinajstić information content (AvgIpc) is 2.51. The molecule has 4 saturated carbocycles. The summed E-state index contributed by atoms with van der Waals surface area (Å²) in [5, 5.41) is 5.13. The number of hydrazone groups is 1. The van der Waals surface area contributed by atoms with Gasteiger partial charge in [-0.1, -0.05) is 11.6 Å². The third kappa shape index (κ3) is 2.80. The Morgan fingerprint density at radius 3 is 2.13 bits per heavy atom. The van der Waals surface area contributed by atoms with Gasteiger partial charge in [0.05, 0.1) is 0 Å². The van der Waals surface area contributed by atoms with Crippen molar-refractivity contribution in [1.82, 2.24) is 5.43 Å². The van der Waals surface area contributed by atoms with Crippen LogP contribution in [-0.4, -0.2) is 11.6 Å². The zero-order valence-corrected chi connectivity index (χ0v) is 14.3. The van der Waals surface area contributed by atoms with Gasteiger partial charge in [-0.05, 0) is 87.5 Å². The van der Waals surface area contributed by atoms with Crippen LogP contribution >= 0.6 is 11.6 Å². The van der Waals surface area contributed by atoms with Gasteiger partial charge < -0.3 is 0 Å². The summed E-state index contributed by atoms with van der Waals surface area (Å²) in [6, 6.07) is 6.92. The van der Waals surface area contributed by atoms with E-state index in [4.69, 9.17) is 11.6 Å². The fraction of sp³-hybridized carbons (Fsp3) is 0.579. The minimum absolute atomic E-state index is 0.161. The lowest BCUT2D eigenvalue weighted by Crippen LogP contribution is -2.49. The van der Waals surface area contributed by atoms with Gasteiger partial charge in [0.2, 0.25) is 0 Å². The van der Waals surface area contributed by atoms with Gasteiger partial charge in [0, 0.05) is 21.7 Å². The summed E-state index contributed by atoms with van der Waals surface area (Å²) in [6.07, 6.45) is 8.07. The SMILES string of the molecule is C/C(=N\NC(=O)c1ccc(Cl)cc1)C12CC3CC(CC(C3)C1)C2. The number of benzene rings is 1. The summed E-state index contributed by atoms with van der Waals surface area (Å²) in [5.41, 5.74) is 4.72. The lowest BCUT2D eigenvalue weighted by molar-refractivity contribution is -0.0128. The summed E-state index contributed by atoms with van der Waals surface area (Å²) < 4.78 is 0. The highest BCUT2D eigenvalue weighted by Gasteiger charge is 2.52. The van der Waals surface area contributed by atoms with Crippen molar-refractivity contribution in [3.05, 3.63) is 34.9 Å². The molecular weight excluding hydrogens is 308 g/mol. The monoisotopic (exact) mass is 330 g/mol. The summed E-state index contributed by atoms with van der Waals surface area (Å²) in [5.74, 6) is 2.50. The molecule has 1 N–H and O–H groups in total. The van der Waals surface area contributed by atoms with Crippen LogP contribution in [0.3, 0.4) is 0 Å². The van der Waals surface area contributed by atoms with Crippen molar-refractivity contribution in [2.75, 3.05) is 0 Å². The van der Waals surface area contributed by atoms with Crippen molar-refractivity contribution in [2.45, 2.75) is 45.4 Å². The number of amides is 1. The summed E-state index contributed by atoms with van der Waals surface area (Å²) in [4.78, 5) is 12.2. The van der Waals surface area contributed by atoms with Gasteiger partial charge >= 0.3 is 0 Å². The highest BCUT2D eigenvalue weighted by Crippen LogP contribution is 2.60. The molecular formula is C19H23ClN2O. The van der Waals surface area contributed by atoms with E-state index < -0.39 is 0 Å². The molecule has 5 rings (SSSR count). The first kappa shape index (κ1) is 15.2. The highest BCUT2D eigenvalue weighted by atomic mass is 35.5. The zero-order valence-electron chi connectivity index (χ0n) is 13.5. The lowest BCUT2D eigenvalue weighted by atomic mass is 9.48. The number of hydrogen-bond donors (Lipinski definition) is 1. The van der Waals surface area contributed by atoms with Gasteiger partial charge in [0.25, 0.3) is 5.91 Å². The largest absolute Gasteiger partial charge is 0.271 e. The predicted molar refractivity (Wildman–Crippen MR) is 92.6 cm³/mol. The second kappa shape index (κ2) is 5.62. The first-order chi connectivity index (χ1) is 11.0. The molecule has 1 aromatic rings. The fourth-order valence-corrected chi connectivity index (χ4v) is 5.60. The van der Waals surface area contributed by atoms with Crippen LogP contribution < -0.4 is 5.43 Å². The molecule has 0 unspecified atom stereocenters. The van der Waals surface area contributed by atoms with Crippen LogP contribution in [-0.2, 0) is 0 Å². The molecule has 23 heavy (non-hydrogen) atoms. The maximum atomic E-state index is 12.2. The number of nitrogens with zero attached hydrogens (tertiary/aromatic N) is 1. The normalized spacial score (nSPS) is 35.4. The molecule has 0 saturated heterocycles. The Morgan fingerprint density at radius 1 is 1.09 bits per heavy atom. The van der Waals surface area contributed by atoms with E-state index in [9.17, 15) is 4.79 Å². The third-order valence-electron chi connectivity index (χ3n) is 6.24. The van der Waals surface area contributed by atoms with Crippen molar-refractivity contribution in [3.8, 4) is 0 Å². The van der Waals surface area contributed by atoms with Crippen molar-refractivity contribution >= 4 is 23.2 Å². The fourth-order valence-electron chi connectivity index (χ4n) is 5.47. The van der Waals surface area contributed by atoms with Crippen LogP contribution in [0.4, 0.5) is 0 Å². The Labute approximate surface area is 142 Å². The van der Waals surface area contributed by atoms with Crippen LogP contribution in [0, 0.1) is 23.2 Å². The van der Waals surface area contributed by atoms with Crippen LogP contribution in [0.25, 0.3) is 0 Å². The predicted octanol–water partition coefficient (Wildman–Crippen LogP) is 4.66. The first-order valence-corrected chi connectivity index (χ1v) is 9.02. The number of nitrogens with one attached hydrogen (secondary N) is 1. The van der Waals surface area contributed by atoms with E-state index in [1.807, 2.05) is 0 Å². The van der Waals surface area contributed by atoms with E-state index in [0.29, 0.717) is 10.6 Å². The zero-order chi connectivity index (χ0) is 16.0. The van der Waals surface area contributed by atoms with Gasteiger partial charge in [0.1, 0.15) is 0 Å². The molecule has 4 bridgehead atoms. The van der Waals surface area contributed by atoms with Crippen molar-refractivity contribution < 1.29 is 4.79 Å². The quantitative estimate of drug-likeness (QED) is 0.635. The first-order valence-electron chi connectivity index (χ1n) is 8.65. The Bertz CT molecular complexity index is 615. The minimum Gasteiger partial charge on any atom is -0.267 e. The van der Waals surface area contributed by atoms with Crippen molar-refractivity contribution in [3.63, 3.8) is 0 Å².